The molecule has 1 atom stereocenters. The van der Waals surface area contributed by atoms with Crippen LogP contribution in [-0.4, -0.2) is 23.2 Å². The second kappa shape index (κ2) is 5.23. The molecule has 2 N–H and O–H groups in total. The Morgan fingerprint density at radius 3 is 3.00 bits per heavy atom. The summed E-state index contributed by atoms with van der Waals surface area (Å²) in [6, 6.07) is 5.08. The van der Waals surface area contributed by atoms with E-state index in [2.05, 4.69) is 10.3 Å². The molecule has 4 nitrogen and oxygen atoms in total. The number of nitrogens with one attached hydrogen (secondary N) is 2. The Labute approximate surface area is 109 Å². The van der Waals surface area contributed by atoms with Crippen molar-refractivity contribution in [3.05, 3.63) is 35.0 Å². The number of hydrogen-bond acceptors (Lipinski definition) is 2. The lowest BCUT2D eigenvalue weighted by Gasteiger charge is -2.10. The zero-order valence-electron chi connectivity index (χ0n) is 9.87. The van der Waals surface area contributed by atoms with E-state index >= 15 is 0 Å². The van der Waals surface area contributed by atoms with Crippen molar-refractivity contribution < 1.29 is 9.59 Å². The number of amides is 1. The van der Waals surface area contributed by atoms with E-state index in [9.17, 15) is 9.59 Å². The van der Waals surface area contributed by atoms with Gasteiger partial charge in [-0.2, -0.15) is 0 Å². The number of halogens is 1. The molecule has 0 bridgehead atoms. The molecule has 2 aromatic rings. The largest absolute Gasteiger partial charge is 0.360 e. The molecule has 1 amide bonds. The van der Waals surface area contributed by atoms with Gasteiger partial charge in [-0.15, -0.1) is 0 Å². The maximum atomic E-state index is 11.0. The molecule has 0 aliphatic heterocycles. The van der Waals surface area contributed by atoms with Gasteiger partial charge in [-0.3, -0.25) is 4.79 Å². The average Bonchev–Trinajstić information content (AvgIpc) is 2.72. The Bertz CT molecular complexity index is 592. The zero-order chi connectivity index (χ0) is 13.1. The first-order valence-electron chi connectivity index (χ1n) is 5.58. The van der Waals surface area contributed by atoms with E-state index in [4.69, 9.17) is 11.6 Å². The molecule has 0 spiro atoms. The van der Waals surface area contributed by atoms with E-state index in [0.717, 1.165) is 22.8 Å². The lowest BCUT2D eigenvalue weighted by Crippen LogP contribution is -2.35. The van der Waals surface area contributed by atoms with Gasteiger partial charge in [0.2, 0.25) is 5.91 Å². The molecular weight excluding hydrogens is 252 g/mol. The summed E-state index contributed by atoms with van der Waals surface area (Å²) in [5, 5.41) is 4.20. The third-order valence-electron chi connectivity index (χ3n) is 2.74. The molecule has 0 unspecified atom stereocenters. The summed E-state index contributed by atoms with van der Waals surface area (Å²) in [7, 11) is 0. The van der Waals surface area contributed by atoms with Gasteiger partial charge in [0.1, 0.15) is 6.29 Å². The predicted octanol–water partition coefficient (Wildman–Crippen LogP) is 2.07. The van der Waals surface area contributed by atoms with Gasteiger partial charge in [-0.05, 0) is 11.6 Å². The number of carbonyl (C=O) groups excluding carboxylic acids is 2. The van der Waals surface area contributed by atoms with Crippen LogP contribution in [0.4, 0.5) is 0 Å². The fourth-order valence-corrected chi connectivity index (χ4v) is 2.20. The fraction of sp³-hybridized carbons (Fsp3) is 0.231. The molecule has 2 rings (SSSR count). The van der Waals surface area contributed by atoms with Gasteiger partial charge in [0.05, 0.1) is 16.6 Å². The summed E-state index contributed by atoms with van der Waals surface area (Å²) in [6.07, 6.45) is 3.00. The third kappa shape index (κ3) is 2.54. The van der Waals surface area contributed by atoms with E-state index in [1.54, 1.807) is 6.07 Å². The first-order chi connectivity index (χ1) is 8.61. The number of rotatable bonds is 4. The number of fused-ring (bicyclic) bond motifs is 1. The number of benzene rings is 1. The van der Waals surface area contributed by atoms with Crippen LogP contribution in [0.3, 0.4) is 0 Å². The standard InChI is InChI=1S/C13H13ClN2O2/c1-8(18)16-10(7-17)5-9-6-15-13-11(9)3-2-4-12(13)14/h2-4,6-7,10,15H,5H2,1H3,(H,16,18)/t10-/m0/s1. The Hall–Kier alpha value is -1.81. The highest BCUT2D eigenvalue weighted by Crippen LogP contribution is 2.25. The van der Waals surface area contributed by atoms with Gasteiger partial charge < -0.3 is 15.1 Å². The van der Waals surface area contributed by atoms with Crippen molar-refractivity contribution in [2.45, 2.75) is 19.4 Å². The molecule has 0 aliphatic carbocycles. The molecular formula is C13H13ClN2O2. The van der Waals surface area contributed by atoms with Crippen molar-refractivity contribution >= 4 is 34.7 Å². The fourth-order valence-electron chi connectivity index (χ4n) is 1.98. The molecule has 18 heavy (non-hydrogen) atoms. The van der Waals surface area contributed by atoms with Gasteiger partial charge in [-0.1, -0.05) is 23.7 Å². The van der Waals surface area contributed by atoms with Crippen molar-refractivity contribution in [3.8, 4) is 0 Å². The zero-order valence-corrected chi connectivity index (χ0v) is 10.6. The predicted molar refractivity (Wildman–Crippen MR) is 70.7 cm³/mol. The topological polar surface area (TPSA) is 62.0 Å². The van der Waals surface area contributed by atoms with Gasteiger partial charge in [0.25, 0.3) is 0 Å². The molecule has 5 heteroatoms. The van der Waals surface area contributed by atoms with E-state index in [1.165, 1.54) is 6.92 Å². The maximum Gasteiger partial charge on any atom is 0.217 e. The maximum absolute atomic E-state index is 11.0. The van der Waals surface area contributed by atoms with Gasteiger partial charge in [0.15, 0.2) is 0 Å². The monoisotopic (exact) mass is 264 g/mol. The molecule has 1 heterocycles. The molecule has 0 saturated carbocycles. The van der Waals surface area contributed by atoms with Crippen molar-refractivity contribution in [2.24, 2.45) is 0 Å². The molecule has 0 fully saturated rings. The highest BCUT2D eigenvalue weighted by molar-refractivity contribution is 6.35. The van der Waals surface area contributed by atoms with Crippen LogP contribution in [-0.2, 0) is 16.0 Å². The Balaban J connectivity index is 2.28. The summed E-state index contributed by atoms with van der Waals surface area (Å²) in [4.78, 5) is 25.0. The highest BCUT2D eigenvalue weighted by Gasteiger charge is 2.13. The van der Waals surface area contributed by atoms with Gasteiger partial charge in [-0.25, -0.2) is 0 Å². The van der Waals surface area contributed by atoms with Crippen LogP contribution in [0.15, 0.2) is 24.4 Å². The first-order valence-corrected chi connectivity index (χ1v) is 5.96. The van der Waals surface area contributed by atoms with Gasteiger partial charge >= 0.3 is 0 Å². The molecule has 0 saturated heterocycles. The minimum atomic E-state index is -0.513. The Morgan fingerprint density at radius 2 is 2.33 bits per heavy atom. The van der Waals surface area contributed by atoms with Crippen LogP contribution in [0, 0.1) is 0 Å². The quantitative estimate of drug-likeness (QED) is 0.831. The van der Waals surface area contributed by atoms with Gasteiger partial charge in [0, 0.05) is 24.9 Å². The van der Waals surface area contributed by atoms with E-state index in [-0.39, 0.29) is 5.91 Å². The van der Waals surface area contributed by atoms with Crippen LogP contribution in [0.1, 0.15) is 12.5 Å². The van der Waals surface area contributed by atoms with Crippen LogP contribution in [0.2, 0.25) is 5.02 Å². The number of carbonyl (C=O) groups is 2. The summed E-state index contributed by atoms with van der Waals surface area (Å²) in [5.74, 6) is -0.218. The Morgan fingerprint density at radius 1 is 1.56 bits per heavy atom. The number of H-pyrrole nitrogens is 1. The smallest absolute Gasteiger partial charge is 0.217 e. The second-order valence-electron chi connectivity index (χ2n) is 4.12. The molecule has 1 aromatic heterocycles. The van der Waals surface area contributed by atoms with E-state index in [0.29, 0.717) is 11.4 Å². The summed E-state index contributed by atoms with van der Waals surface area (Å²) < 4.78 is 0. The third-order valence-corrected chi connectivity index (χ3v) is 3.06. The van der Waals surface area contributed by atoms with Crippen LogP contribution in [0.25, 0.3) is 10.9 Å². The lowest BCUT2D eigenvalue weighted by molar-refractivity contribution is -0.122. The van der Waals surface area contributed by atoms with E-state index in [1.807, 2.05) is 18.3 Å². The van der Waals surface area contributed by atoms with Crippen LogP contribution >= 0.6 is 11.6 Å². The molecule has 94 valence electrons. The number of para-hydroxylation sites is 1. The minimum Gasteiger partial charge on any atom is -0.360 e. The first kappa shape index (κ1) is 12.6. The van der Waals surface area contributed by atoms with Crippen molar-refractivity contribution in [3.63, 3.8) is 0 Å². The highest BCUT2D eigenvalue weighted by atomic mass is 35.5. The second-order valence-corrected chi connectivity index (χ2v) is 4.53. The number of hydrogen-bond donors (Lipinski definition) is 2. The van der Waals surface area contributed by atoms with Crippen LogP contribution < -0.4 is 5.32 Å². The van der Waals surface area contributed by atoms with Crippen molar-refractivity contribution in [2.75, 3.05) is 0 Å². The molecule has 0 radical (unpaired) electrons. The lowest BCUT2D eigenvalue weighted by atomic mass is 10.1. The number of aldehydes is 1. The normalized spacial score (nSPS) is 12.3. The Kier molecular flexibility index (Phi) is 3.67. The summed E-state index contributed by atoms with van der Waals surface area (Å²) in [5.41, 5.74) is 1.81. The average molecular weight is 265 g/mol. The number of aromatic nitrogens is 1. The van der Waals surface area contributed by atoms with E-state index < -0.39 is 6.04 Å². The SMILES string of the molecule is CC(=O)N[C@H](C=O)Cc1c[nH]c2c(Cl)cccc12. The molecule has 0 aliphatic rings. The molecule has 1 aromatic carbocycles. The summed E-state index contributed by atoms with van der Waals surface area (Å²) in [6.45, 7) is 1.39. The van der Waals surface area contributed by atoms with Crippen molar-refractivity contribution in [1.82, 2.24) is 10.3 Å². The minimum absolute atomic E-state index is 0.218. The van der Waals surface area contributed by atoms with Crippen LogP contribution in [0.5, 0.6) is 0 Å². The summed E-state index contributed by atoms with van der Waals surface area (Å²) >= 11 is 6.05. The number of aromatic amines is 1. The van der Waals surface area contributed by atoms with Crippen molar-refractivity contribution in [1.29, 1.82) is 0 Å².